The summed E-state index contributed by atoms with van der Waals surface area (Å²) < 4.78 is 18.6. The Morgan fingerprint density at radius 2 is 1.88 bits per heavy atom. The summed E-state index contributed by atoms with van der Waals surface area (Å²) in [7, 11) is 0. The van der Waals surface area contributed by atoms with Crippen LogP contribution in [-0.4, -0.2) is 17.9 Å². The molecule has 2 aromatic carbocycles. The zero-order valence-electron chi connectivity index (χ0n) is 14.0. The van der Waals surface area contributed by atoms with Crippen molar-refractivity contribution in [3.8, 4) is 5.75 Å². The molecule has 0 aromatic heterocycles. The minimum atomic E-state index is -0.829. The first-order chi connectivity index (χ1) is 11.8. The molecule has 2 rings (SSSR count). The Balaban J connectivity index is 1.95. The van der Waals surface area contributed by atoms with E-state index in [4.69, 9.17) is 16.3 Å². The van der Waals surface area contributed by atoms with Crippen LogP contribution in [0.2, 0.25) is 5.02 Å². The molecule has 0 fully saturated rings. The molecule has 2 N–H and O–H groups in total. The quantitative estimate of drug-likeness (QED) is 0.818. The molecule has 0 bridgehead atoms. The van der Waals surface area contributed by atoms with Crippen LogP contribution in [0.25, 0.3) is 0 Å². The smallest absolute Gasteiger partial charge is 0.279 e. The summed E-state index contributed by atoms with van der Waals surface area (Å²) in [5, 5.41) is -0.0496. The van der Waals surface area contributed by atoms with E-state index in [1.807, 2.05) is 26.0 Å². The fourth-order valence-corrected chi connectivity index (χ4v) is 2.31. The van der Waals surface area contributed by atoms with Gasteiger partial charge in [0.1, 0.15) is 11.6 Å². The second kappa shape index (κ2) is 7.98. The van der Waals surface area contributed by atoms with E-state index in [0.29, 0.717) is 5.75 Å². The number of aryl methyl sites for hydroxylation is 1. The van der Waals surface area contributed by atoms with Crippen molar-refractivity contribution in [2.75, 3.05) is 0 Å². The van der Waals surface area contributed by atoms with Crippen molar-refractivity contribution in [2.45, 2.75) is 26.9 Å². The summed E-state index contributed by atoms with van der Waals surface area (Å²) in [4.78, 5) is 24.1. The van der Waals surface area contributed by atoms with Gasteiger partial charge in [-0.1, -0.05) is 23.7 Å². The normalized spacial score (nSPS) is 11.6. The molecular weight excluding hydrogens is 347 g/mol. The largest absolute Gasteiger partial charge is 0.481 e. The molecule has 0 radical (unpaired) electrons. The van der Waals surface area contributed by atoms with Crippen LogP contribution in [0.3, 0.4) is 0 Å². The molecule has 1 atom stereocenters. The van der Waals surface area contributed by atoms with Gasteiger partial charge in [-0.3, -0.25) is 20.4 Å². The van der Waals surface area contributed by atoms with Gasteiger partial charge >= 0.3 is 0 Å². The number of nitrogens with one attached hydrogen (secondary N) is 2. The third-order valence-electron chi connectivity index (χ3n) is 3.70. The number of hydrogen-bond acceptors (Lipinski definition) is 3. The Hall–Kier alpha value is -2.60. The van der Waals surface area contributed by atoms with E-state index in [-0.39, 0.29) is 10.6 Å². The standard InChI is InChI=1S/C18H18ClFN2O3/c1-10-5-4-6-16(11(10)2)25-12(3)17(23)21-22-18(24)14-8-7-13(20)9-15(14)19/h4-9,12H,1-3H3,(H,21,23)(H,22,24). The van der Waals surface area contributed by atoms with Crippen LogP contribution in [-0.2, 0) is 4.79 Å². The second-order valence-corrected chi connectivity index (χ2v) is 5.93. The van der Waals surface area contributed by atoms with Gasteiger partial charge in [0.25, 0.3) is 11.8 Å². The van der Waals surface area contributed by atoms with Gasteiger partial charge < -0.3 is 4.74 Å². The van der Waals surface area contributed by atoms with Crippen molar-refractivity contribution in [2.24, 2.45) is 0 Å². The van der Waals surface area contributed by atoms with Crippen LogP contribution in [0.1, 0.15) is 28.4 Å². The predicted molar refractivity (Wildman–Crippen MR) is 93.0 cm³/mol. The molecule has 132 valence electrons. The number of rotatable bonds is 4. The number of halogens is 2. The number of carbonyl (C=O) groups is 2. The van der Waals surface area contributed by atoms with E-state index in [2.05, 4.69) is 10.9 Å². The first-order valence-electron chi connectivity index (χ1n) is 7.57. The molecule has 1 unspecified atom stereocenters. The Bertz CT molecular complexity index is 811. The van der Waals surface area contributed by atoms with E-state index in [1.165, 1.54) is 6.07 Å². The SMILES string of the molecule is Cc1cccc(OC(C)C(=O)NNC(=O)c2ccc(F)cc2Cl)c1C. The van der Waals surface area contributed by atoms with Crippen molar-refractivity contribution in [1.29, 1.82) is 0 Å². The lowest BCUT2D eigenvalue weighted by Gasteiger charge is -2.17. The van der Waals surface area contributed by atoms with E-state index >= 15 is 0 Å². The van der Waals surface area contributed by atoms with Gasteiger partial charge in [0.2, 0.25) is 0 Å². The minimum Gasteiger partial charge on any atom is -0.481 e. The number of carbonyl (C=O) groups excluding carboxylic acids is 2. The van der Waals surface area contributed by atoms with Crippen molar-refractivity contribution in [3.05, 3.63) is 63.9 Å². The Morgan fingerprint density at radius 3 is 2.56 bits per heavy atom. The number of amides is 2. The van der Waals surface area contributed by atoms with Crippen LogP contribution in [0.5, 0.6) is 5.75 Å². The van der Waals surface area contributed by atoms with Gasteiger partial charge in [0.05, 0.1) is 10.6 Å². The van der Waals surface area contributed by atoms with Gasteiger partial charge in [-0.25, -0.2) is 4.39 Å². The molecule has 2 amide bonds. The maximum absolute atomic E-state index is 13.0. The molecular formula is C18H18ClFN2O3. The highest BCUT2D eigenvalue weighted by atomic mass is 35.5. The van der Waals surface area contributed by atoms with Crippen LogP contribution in [0.4, 0.5) is 4.39 Å². The third kappa shape index (κ3) is 4.70. The molecule has 25 heavy (non-hydrogen) atoms. The highest BCUT2D eigenvalue weighted by molar-refractivity contribution is 6.33. The van der Waals surface area contributed by atoms with Gasteiger partial charge in [-0.15, -0.1) is 0 Å². The lowest BCUT2D eigenvalue weighted by atomic mass is 10.1. The Labute approximate surface area is 150 Å². The van der Waals surface area contributed by atoms with Crippen molar-refractivity contribution in [3.63, 3.8) is 0 Å². The van der Waals surface area contributed by atoms with Gasteiger partial charge in [-0.05, 0) is 56.2 Å². The molecule has 7 heteroatoms. The maximum atomic E-state index is 13.0. The topological polar surface area (TPSA) is 67.4 Å². The number of benzene rings is 2. The molecule has 0 heterocycles. The maximum Gasteiger partial charge on any atom is 0.279 e. The second-order valence-electron chi connectivity index (χ2n) is 5.53. The highest BCUT2D eigenvalue weighted by Crippen LogP contribution is 2.21. The monoisotopic (exact) mass is 364 g/mol. The summed E-state index contributed by atoms with van der Waals surface area (Å²) in [6, 6.07) is 8.90. The summed E-state index contributed by atoms with van der Waals surface area (Å²) in [5.41, 5.74) is 6.52. The lowest BCUT2D eigenvalue weighted by Crippen LogP contribution is -2.47. The fraction of sp³-hybridized carbons (Fsp3) is 0.222. The third-order valence-corrected chi connectivity index (χ3v) is 4.02. The van der Waals surface area contributed by atoms with Crippen LogP contribution in [0, 0.1) is 19.7 Å². The lowest BCUT2D eigenvalue weighted by molar-refractivity contribution is -0.128. The Kier molecular flexibility index (Phi) is 5.98. The van der Waals surface area contributed by atoms with Crippen molar-refractivity contribution in [1.82, 2.24) is 10.9 Å². The number of hydrogen-bond donors (Lipinski definition) is 2. The fourth-order valence-electron chi connectivity index (χ4n) is 2.06. The summed E-state index contributed by atoms with van der Waals surface area (Å²) in [6.07, 6.45) is -0.829. The van der Waals surface area contributed by atoms with Crippen molar-refractivity contribution >= 4 is 23.4 Å². The minimum absolute atomic E-state index is 0.0477. The van der Waals surface area contributed by atoms with Crippen molar-refractivity contribution < 1.29 is 18.7 Å². The average Bonchev–Trinajstić information content (AvgIpc) is 2.56. The molecule has 0 saturated carbocycles. The van der Waals surface area contributed by atoms with E-state index in [9.17, 15) is 14.0 Å². The zero-order chi connectivity index (χ0) is 18.6. The highest BCUT2D eigenvalue weighted by Gasteiger charge is 2.18. The molecule has 2 aromatic rings. The van der Waals surface area contributed by atoms with Crippen LogP contribution < -0.4 is 15.6 Å². The first kappa shape index (κ1) is 18.7. The van der Waals surface area contributed by atoms with Gasteiger partial charge in [0, 0.05) is 0 Å². The zero-order valence-corrected chi connectivity index (χ0v) is 14.8. The molecule has 0 aliphatic carbocycles. The van der Waals surface area contributed by atoms with Crippen LogP contribution in [0.15, 0.2) is 36.4 Å². The van der Waals surface area contributed by atoms with Gasteiger partial charge in [-0.2, -0.15) is 0 Å². The summed E-state index contributed by atoms with van der Waals surface area (Å²) >= 11 is 5.80. The number of hydrazine groups is 1. The summed E-state index contributed by atoms with van der Waals surface area (Å²) in [6.45, 7) is 5.40. The molecule has 0 spiro atoms. The van der Waals surface area contributed by atoms with E-state index < -0.39 is 23.7 Å². The molecule has 0 aliphatic heterocycles. The van der Waals surface area contributed by atoms with Gasteiger partial charge in [0.15, 0.2) is 6.10 Å². The first-order valence-corrected chi connectivity index (χ1v) is 7.95. The van der Waals surface area contributed by atoms with E-state index in [1.54, 1.807) is 13.0 Å². The van der Waals surface area contributed by atoms with Crippen LogP contribution >= 0.6 is 11.6 Å². The molecule has 0 aliphatic rings. The molecule has 5 nitrogen and oxygen atoms in total. The summed E-state index contributed by atoms with van der Waals surface area (Å²) in [5.74, 6) is -1.15. The predicted octanol–water partition coefficient (Wildman–Crippen LogP) is 3.32. The average molecular weight is 365 g/mol. The van der Waals surface area contributed by atoms with E-state index in [0.717, 1.165) is 23.3 Å². The number of ether oxygens (including phenoxy) is 1. The molecule has 0 saturated heterocycles. The Morgan fingerprint density at radius 1 is 1.16 bits per heavy atom.